The molecule has 0 aliphatic heterocycles. The van der Waals surface area contributed by atoms with Crippen molar-refractivity contribution < 1.29 is 4.74 Å². The van der Waals surface area contributed by atoms with Crippen LogP contribution in [0.3, 0.4) is 0 Å². The maximum absolute atomic E-state index is 6.62. The average Bonchev–Trinajstić information content (AvgIpc) is 3.79. The highest BCUT2D eigenvalue weighted by Crippen LogP contribution is 2.37. The Kier molecular flexibility index (Phi) is 8.53. The van der Waals surface area contributed by atoms with Gasteiger partial charge in [0.25, 0.3) is 0 Å². The Balaban J connectivity index is 1.05. The van der Waals surface area contributed by atoms with E-state index in [9.17, 15) is 0 Å². The van der Waals surface area contributed by atoms with Crippen molar-refractivity contribution in [2.24, 2.45) is 0 Å². The second kappa shape index (κ2) is 14.3. The van der Waals surface area contributed by atoms with Crippen molar-refractivity contribution >= 4 is 43.9 Å². The maximum atomic E-state index is 6.62. The van der Waals surface area contributed by atoms with Crippen molar-refractivity contribution in [2.75, 3.05) is 0 Å². The van der Waals surface area contributed by atoms with Crippen molar-refractivity contribution in [3.8, 4) is 39.4 Å². The van der Waals surface area contributed by atoms with Crippen LogP contribution in [0.5, 0.6) is 5.75 Å². The Morgan fingerprint density at radius 3 is 1.63 bits per heavy atom. The predicted molar refractivity (Wildman–Crippen MR) is 236 cm³/mol. The lowest BCUT2D eigenvalue weighted by molar-refractivity contribution is 0.445. The third-order valence-electron chi connectivity index (χ3n) is 10.9. The van der Waals surface area contributed by atoms with Gasteiger partial charge < -0.3 is 13.9 Å². The van der Waals surface area contributed by atoms with E-state index in [4.69, 9.17) is 14.7 Å². The Morgan fingerprint density at radius 1 is 0.596 bits per heavy atom. The first-order valence-corrected chi connectivity index (χ1v) is 19.2. The van der Waals surface area contributed by atoms with Gasteiger partial charge in [-0.25, -0.2) is 0 Å². The summed E-state index contributed by atoms with van der Waals surface area (Å²) >= 11 is 0. The van der Waals surface area contributed by atoms with Crippen LogP contribution in [0.25, 0.3) is 77.5 Å². The van der Waals surface area contributed by atoms with Crippen LogP contribution in [0.4, 0.5) is 0 Å². The van der Waals surface area contributed by atoms with E-state index in [0.717, 1.165) is 95.9 Å². The van der Waals surface area contributed by atoms with Gasteiger partial charge in [0.15, 0.2) is 0 Å². The molecule has 0 N–H and O–H groups in total. The van der Waals surface area contributed by atoms with Gasteiger partial charge in [0.05, 0.1) is 33.1 Å². The number of ether oxygens (including phenoxy) is 1. The molecular weight excluding hydrogens is 697 g/mol. The fourth-order valence-corrected chi connectivity index (χ4v) is 8.12. The van der Waals surface area contributed by atoms with E-state index in [0.29, 0.717) is 11.5 Å². The molecule has 9 aromatic rings. The number of aromatic nitrogens is 4. The highest BCUT2D eigenvalue weighted by atomic mass is 16.5. The molecule has 4 heterocycles. The summed E-state index contributed by atoms with van der Waals surface area (Å²) in [5.41, 5.74) is 14.9. The smallest absolute Gasteiger partial charge is 0.128 e. The predicted octanol–water partition coefficient (Wildman–Crippen LogP) is 13.3. The number of benzene rings is 5. The number of para-hydroxylation sites is 2. The van der Waals surface area contributed by atoms with Gasteiger partial charge in [0.1, 0.15) is 11.5 Å². The van der Waals surface area contributed by atoms with Gasteiger partial charge in [-0.3, -0.25) is 9.97 Å². The van der Waals surface area contributed by atoms with E-state index in [1.54, 1.807) is 6.08 Å². The number of nitrogens with zero attached hydrogens (tertiary/aromatic N) is 4. The molecule has 0 fully saturated rings. The normalized spacial score (nSPS) is 13.1. The lowest BCUT2D eigenvalue weighted by Crippen LogP contribution is -1.97. The molecule has 10 rings (SSSR count). The van der Waals surface area contributed by atoms with E-state index in [-0.39, 0.29) is 0 Å². The van der Waals surface area contributed by atoms with E-state index in [2.05, 4.69) is 168 Å². The molecule has 0 radical (unpaired) electrons. The third kappa shape index (κ3) is 6.16. The van der Waals surface area contributed by atoms with Gasteiger partial charge >= 0.3 is 0 Å². The lowest BCUT2D eigenvalue weighted by Gasteiger charge is -2.15. The Labute approximate surface area is 331 Å². The van der Waals surface area contributed by atoms with Gasteiger partial charge in [-0.1, -0.05) is 92.0 Å². The summed E-state index contributed by atoms with van der Waals surface area (Å²) in [6.07, 6.45) is 15.8. The van der Waals surface area contributed by atoms with Crippen molar-refractivity contribution in [3.63, 3.8) is 0 Å². The summed E-state index contributed by atoms with van der Waals surface area (Å²) in [4.78, 5) is 9.46. The van der Waals surface area contributed by atoms with E-state index in [1.165, 1.54) is 5.57 Å². The topological polar surface area (TPSA) is 44.9 Å². The summed E-state index contributed by atoms with van der Waals surface area (Å²) in [6.45, 7) is 8.44. The van der Waals surface area contributed by atoms with Crippen LogP contribution < -0.4 is 4.74 Å². The molecule has 272 valence electrons. The SMILES string of the molecule is C=C/C(=C\C(=C)C1=CC=CCC1)Oc1cc(-c2ccc(-n3c4ccccc4c4ncccc43)cc2)cc(-c2ccc(-n3c4ccccc4c4ncccc43)cc2)c1. The Hall–Kier alpha value is -7.50. The fraction of sp³-hybridized carbons (Fsp3) is 0.0385. The van der Waals surface area contributed by atoms with E-state index < -0.39 is 0 Å². The second-order valence-electron chi connectivity index (χ2n) is 14.3. The van der Waals surface area contributed by atoms with Crippen molar-refractivity contribution in [1.29, 1.82) is 0 Å². The monoisotopic (exact) mass is 734 g/mol. The Morgan fingerprint density at radius 2 is 1.12 bits per heavy atom. The molecule has 0 bridgehead atoms. The standard InChI is InChI=1S/C52H38N4O/c1-3-43(31-35(2)36-13-5-4-6-14-36)57-44-33-39(37-21-25-41(26-22-37)55-47-17-9-7-15-45(47)51-49(55)19-11-29-53-51)32-40(34-44)38-23-27-42(28-24-38)56-48-18-10-8-16-46(48)52-50(56)20-12-30-54-52/h3-5,7-13,15-34H,1-2,6,14H2/b43-31+. The summed E-state index contributed by atoms with van der Waals surface area (Å²) in [5.74, 6) is 1.36. The van der Waals surface area contributed by atoms with Gasteiger partial charge in [0, 0.05) is 34.5 Å². The first kappa shape index (κ1) is 34.0. The fourth-order valence-electron chi connectivity index (χ4n) is 8.12. The zero-order valence-electron chi connectivity index (χ0n) is 31.3. The molecule has 0 saturated heterocycles. The van der Waals surface area contributed by atoms with Crippen LogP contribution in [-0.4, -0.2) is 19.1 Å². The molecular formula is C52H38N4O. The molecule has 0 amide bonds. The van der Waals surface area contributed by atoms with Crippen molar-refractivity contribution in [3.05, 3.63) is 212 Å². The number of hydrogen-bond acceptors (Lipinski definition) is 3. The largest absolute Gasteiger partial charge is 0.457 e. The summed E-state index contributed by atoms with van der Waals surface area (Å²) < 4.78 is 11.2. The van der Waals surface area contributed by atoms with E-state index >= 15 is 0 Å². The molecule has 0 atom stereocenters. The highest BCUT2D eigenvalue weighted by molar-refractivity contribution is 6.08. The van der Waals surface area contributed by atoms with Crippen LogP contribution in [0.1, 0.15) is 12.8 Å². The maximum Gasteiger partial charge on any atom is 0.128 e. The first-order valence-electron chi connectivity index (χ1n) is 19.2. The molecule has 57 heavy (non-hydrogen) atoms. The van der Waals surface area contributed by atoms with Crippen LogP contribution in [0.2, 0.25) is 0 Å². The minimum atomic E-state index is 0.643. The van der Waals surface area contributed by atoms with E-state index in [1.807, 2.05) is 30.6 Å². The first-order chi connectivity index (χ1) is 28.1. The van der Waals surface area contributed by atoms with Crippen molar-refractivity contribution in [1.82, 2.24) is 19.1 Å². The third-order valence-corrected chi connectivity index (χ3v) is 10.9. The number of pyridine rings is 2. The molecule has 0 unspecified atom stereocenters. The quantitative estimate of drug-likeness (QED) is 0.110. The molecule has 5 nitrogen and oxygen atoms in total. The van der Waals surface area contributed by atoms with Gasteiger partial charge in [-0.05, 0) is 137 Å². The minimum absolute atomic E-state index is 0.643. The van der Waals surface area contributed by atoms with Crippen LogP contribution in [-0.2, 0) is 0 Å². The summed E-state index contributed by atoms with van der Waals surface area (Å²) in [7, 11) is 0. The zero-order chi connectivity index (χ0) is 38.3. The minimum Gasteiger partial charge on any atom is -0.457 e. The molecule has 4 aromatic heterocycles. The lowest BCUT2D eigenvalue weighted by atomic mass is 9.97. The molecule has 1 aliphatic rings. The number of hydrogen-bond donors (Lipinski definition) is 0. The Bertz CT molecular complexity index is 2840. The summed E-state index contributed by atoms with van der Waals surface area (Å²) in [5, 5.41) is 2.27. The summed E-state index contributed by atoms with van der Waals surface area (Å²) in [6, 6.07) is 49.1. The zero-order valence-corrected chi connectivity index (χ0v) is 31.3. The number of rotatable bonds is 9. The highest BCUT2D eigenvalue weighted by Gasteiger charge is 2.16. The molecule has 5 heteroatoms. The molecule has 5 aromatic carbocycles. The van der Waals surface area contributed by atoms with Gasteiger partial charge in [-0.15, -0.1) is 0 Å². The van der Waals surface area contributed by atoms with Crippen LogP contribution >= 0.6 is 0 Å². The average molecular weight is 735 g/mol. The number of allylic oxidation sites excluding steroid dienone is 7. The van der Waals surface area contributed by atoms with Crippen LogP contribution in [0.15, 0.2) is 212 Å². The molecule has 0 saturated carbocycles. The van der Waals surface area contributed by atoms with Crippen LogP contribution in [0, 0.1) is 0 Å². The van der Waals surface area contributed by atoms with Crippen molar-refractivity contribution in [2.45, 2.75) is 12.8 Å². The molecule has 1 aliphatic carbocycles. The van der Waals surface area contributed by atoms with Gasteiger partial charge in [-0.2, -0.15) is 0 Å². The van der Waals surface area contributed by atoms with Gasteiger partial charge in [0.2, 0.25) is 0 Å². The molecule has 0 spiro atoms. The number of fused-ring (bicyclic) bond motifs is 6. The second-order valence-corrected chi connectivity index (χ2v) is 14.3.